The van der Waals surface area contributed by atoms with Gasteiger partial charge in [-0.2, -0.15) is 4.98 Å². The molecule has 0 saturated heterocycles. The highest BCUT2D eigenvalue weighted by molar-refractivity contribution is 6.00. The third kappa shape index (κ3) is 1.37. The number of anilines is 1. The fraction of sp³-hybridized carbons (Fsp3) is 0.154. The van der Waals surface area contributed by atoms with Crippen molar-refractivity contribution in [1.29, 1.82) is 0 Å². The lowest BCUT2D eigenvalue weighted by molar-refractivity contribution is 0.840. The number of pyridine rings is 1. The summed E-state index contributed by atoms with van der Waals surface area (Å²) in [5, 5.41) is 2.32. The van der Waals surface area contributed by atoms with Gasteiger partial charge in [-0.05, 0) is 30.5 Å². The van der Waals surface area contributed by atoms with Crippen molar-refractivity contribution in [3.05, 3.63) is 40.6 Å². The number of aryl methyl sites for hydroxylation is 2. The summed E-state index contributed by atoms with van der Waals surface area (Å²) in [7, 11) is 1.89. The molecular formula is C13H12N4O. The molecule has 5 heteroatoms. The molecule has 0 unspecified atom stereocenters. The van der Waals surface area contributed by atoms with Crippen molar-refractivity contribution in [3.8, 4) is 0 Å². The Balaban J connectivity index is 2.61. The molecule has 3 aromatic rings. The van der Waals surface area contributed by atoms with Crippen LogP contribution in [0.1, 0.15) is 5.82 Å². The van der Waals surface area contributed by atoms with E-state index >= 15 is 0 Å². The van der Waals surface area contributed by atoms with Crippen LogP contribution < -0.4 is 11.3 Å². The number of nitrogens with zero attached hydrogens (tertiary/aromatic N) is 3. The third-order valence-electron chi connectivity index (χ3n) is 3.25. The minimum Gasteiger partial charge on any atom is -0.383 e. The van der Waals surface area contributed by atoms with Gasteiger partial charge < -0.3 is 10.3 Å². The van der Waals surface area contributed by atoms with Gasteiger partial charge in [-0.1, -0.05) is 0 Å². The van der Waals surface area contributed by atoms with Crippen LogP contribution in [0.2, 0.25) is 0 Å². The molecule has 2 heterocycles. The van der Waals surface area contributed by atoms with Gasteiger partial charge >= 0.3 is 0 Å². The topological polar surface area (TPSA) is 73.8 Å². The molecule has 5 nitrogen and oxygen atoms in total. The standard InChI is InChI=1S/C13H12N4O/c1-7-16-13(18)10-6-9-8(3-4-15-12(9)14)5-11(10)17(7)2/h3-6H,1-2H3,(H2,14,15). The molecular weight excluding hydrogens is 228 g/mol. The number of nitrogens with two attached hydrogens (primary N) is 1. The average Bonchev–Trinajstić information content (AvgIpc) is 2.35. The molecule has 2 N–H and O–H groups in total. The monoisotopic (exact) mass is 240 g/mol. The summed E-state index contributed by atoms with van der Waals surface area (Å²) < 4.78 is 1.90. The van der Waals surface area contributed by atoms with E-state index in [1.165, 1.54) is 0 Å². The van der Waals surface area contributed by atoms with Crippen LogP contribution in [0.5, 0.6) is 0 Å². The molecule has 0 spiro atoms. The van der Waals surface area contributed by atoms with Gasteiger partial charge in [0, 0.05) is 18.6 Å². The van der Waals surface area contributed by atoms with Gasteiger partial charge in [0.2, 0.25) is 0 Å². The molecule has 0 aliphatic carbocycles. The molecule has 0 atom stereocenters. The first-order valence-electron chi connectivity index (χ1n) is 5.59. The lowest BCUT2D eigenvalue weighted by Crippen LogP contribution is -2.14. The van der Waals surface area contributed by atoms with Gasteiger partial charge in [0.25, 0.3) is 5.56 Å². The molecule has 0 fully saturated rings. The van der Waals surface area contributed by atoms with Crippen LogP contribution >= 0.6 is 0 Å². The first kappa shape index (κ1) is 10.7. The SMILES string of the molecule is Cc1nc(=O)c2cc3c(N)nccc3cc2n1C. The van der Waals surface area contributed by atoms with E-state index in [2.05, 4.69) is 9.97 Å². The number of fused-ring (bicyclic) bond motifs is 2. The predicted molar refractivity (Wildman–Crippen MR) is 71.4 cm³/mol. The second-order valence-corrected chi connectivity index (χ2v) is 4.31. The zero-order valence-electron chi connectivity index (χ0n) is 10.1. The van der Waals surface area contributed by atoms with Gasteiger partial charge in [-0.25, -0.2) is 4.98 Å². The second-order valence-electron chi connectivity index (χ2n) is 4.31. The normalized spacial score (nSPS) is 11.2. The van der Waals surface area contributed by atoms with E-state index in [-0.39, 0.29) is 5.56 Å². The Morgan fingerprint density at radius 1 is 1.28 bits per heavy atom. The van der Waals surface area contributed by atoms with Crippen molar-refractivity contribution in [3.63, 3.8) is 0 Å². The van der Waals surface area contributed by atoms with E-state index < -0.39 is 0 Å². The fourth-order valence-corrected chi connectivity index (χ4v) is 2.14. The van der Waals surface area contributed by atoms with Gasteiger partial charge in [-0.3, -0.25) is 4.79 Å². The molecule has 3 rings (SSSR count). The molecule has 18 heavy (non-hydrogen) atoms. The van der Waals surface area contributed by atoms with E-state index in [9.17, 15) is 4.79 Å². The van der Waals surface area contributed by atoms with E-state index in [1.54, 1.807) is 12.3 Å². The van der Waals surface area contributed by atoms with Crippen LogP contribution in [-0.4, -0.2) is 14.5 Å². The van der Waals surface area contributed by atoms with Crippen molar-refractivity contribution < 1.29 is 0 Å². The number of hydrogen-bond acceptors (Lipinski definition) is 4. The van der Waals surface area contributed by atoms with E-state index in [0.717, 1.165) is 16.3 Å². The maximum atomic E-state index is 11.9. The van der Waals surface area contributed by atoms with Crippen molar-refractivity contribution >= 4 is 27.5 Å². The minimum absolute atomic E-state index is 0.231. The number of rotatable bonds is 0. The van der Waals surface area contributed by atoms with Crippen LogP contribution in [0.15, 0.2) is 29.2 Å². The Bertz CT molecular complexity index is 836. The van der Waals surface area contributed by atoms with Crippen molar-refractivity contribution in [2.75, 3.05) is 5.73 Å². The number of benzene rings is 1. The summed E-state index contributed by atoms with van der Waals surface area (Å²) in [6.45, 7) is 1.81. The van der Waals surface area contributed by atoms with Crippen molar-refractivity contribution in [1.82, 2.24) is 14.5 Å². The molecule has 0 radical (unpaired) electrons. The van der Waals surface area contributed by atoms with E-state index in [0.29, 0.717) is 17.0 Å². The van der Waals surface area contributed by atoms with Gasteiger partial charge in [-0.15, -0.1) is 0 Å². The maximum Gasteiger partial charge on any atom is 0.280 e. The average molecular weight is 240 g/mol. The van der Waals surface area contributed by atoms with Gasteiger partial charge in [0.15, 0.2) is 0 Å². The second kappa shape index (κ2) is 3.53. The Kier molecular flexibility index (Phi) is 2.10. The van der Waals surface area contributed by atoms with Crippen LogP contribution in [0, 0.1) is 6.92 Å². The molecule has 0 aliphatic heterocycles. The van der Waals surface area contributed by atoms with Crippen LogP contribution in [0.4, 0.5) is 5.82 Å². The number of hydrogen-bond donors (Lipinski definition) is 1. The van der Waals surface area contributed by atoms with Gasteiger partial charge in [0.05, 0.1) is 10.9 Å². The lowest BCUT2D eigenvalue weighted by Gasteiger charge is -2.09. The van der Waals surface area contributed by atoms with Crippen molar-refractivity contribution in [2.45, 2.75) is 6.92 Å². The number of aromatic nitrogens is 3. The summed E-state index contributed by atoms with van der Waals surface area (Å²) in [5.74, 6) is 1.12. The zero-order chi connectivity index (χ0) is 12.9. The highest BCUT2D eigenvalue weighted by Crippen LogP contribution is 2.23. The minimum atomic E-state index is -0.231. The highest BCUT2D eigenvalue weighted by atomic mass is 16.1. The summed E-state index contributed by atoms with van der Waals surface area (Å²) in [6.07, 6.45) is 1.66. The van der Waals surface area contributed by atoms with Crippen LogP contribution in [0.3, 0.4) is 0 Å². The lowest BCUT2D eigenvalue weighted by atomic mass is 10.1. The summed E-state index contributed by atoms with van der Waals surface area (Å²) in [5.41, 5.74) is 6.45. The predicted octanol–water partition coefficient (Wildman–Crippen LogP) is 1.37. The first-order valence-corrected chi connectivity index (χ1v) is 5.59. The smallest absolute Gasteiger partial charge is 0.280 e. The van der Waals surface area contributed by atoms with E-state index in [1.807, 2.05) is 30.7 Å². The Morgan fingerprint density at radius 3 is 2.83 bits per heavy atom. The quantitative estimate of drug-likeness (QED) is 0.602. The summed E-state index contributed by atoms with van der Waals surface area (Å²) in [6, 6.07) is 5.59. The largest absolute Gasteiger partial charge is 0.383 e. The Hall–Kier alpha value is -2.43. The van der Waals surface area contributed by atoms with E-state index in [4.69, 9.17) is 5.73 Å². The van der Waals surface area contributed by atoms with Crippen molar-refractivity contribution in [2.24, 2.45) is 7.05 Å². The molecule has 0 bridgehead atoms. The molecule has 0 amide bonds. The Morgan fingerprint density at radius 2 is 2.06 bits per heavy atom. The molecule has 0 aliphatic rings. The Labute approximate surface area is 103 Å². The highest BCUT2D eigenvalue weighted by Gasteiger charge is 2.08. The van der Waals surface area contributed by atoms with Crippen LogP contribution in [-0.2, 0) is 7.05 Å². The van der Waals surface area contributed by atoms with Gasteiger partial charge in [0.1, 0.15) is 11.6 Å². The molecule has 1 aromatic carbocycles. The fourth-order valence-electron chi connectivity index (χ4n) is 2.14. The summed E-state index contributed by atoms with van der Waals surface area (Å²) >= 11 is 0. The summed E-state index contributed by atoms with van der Waals surface area (Å²) in [4.78, 5) is 19.9. The third-order valence-corrected chi connectivity index (χ3v) is 3.25. The zero-order valence-corrected chi connectivity index (χ0v) is 10.1. The first-order chi connectivity index (χ1) is 8.58. The molecule has 0 saturated carbocycles. The maximum absolute atomic E-state index is 11.9. The molecule has 90 valence electrons. The molecule has 2 aromatic heterocycles. The van der Waals surface area contributed by atoms with Crippen LogP contribution in [0.25, 0.3) is 21.7 Å². The number of nitrogen functional groups attached to an aromatic ring is 1.